The first-order valence-electron chi connectivity index (χ1n) is 6.52. The number of carbonyl (C=O) groups is 2. The molecule has 1 aliphatic heterocycles. The number of amides is 1. The predicted molar refractivity (Wildman–Crippen MR) is 75.7 cm³/mol. The van der Waals surface area contributed by atoms with Crippen molar-refractivity contribution in [3.8, 4) is 0 Å². The lowest BCUT2D eigenvalue weighted by Crippen LogP contribution is -2.53. The molecule has 6 nitrogen and oxygen atoms in total. The molecule has 1 aromatic rings. The fourth-order valence-electron chi connectivity index (χ4n) is 2.24. The normalized spacial score (nSPS) is 17.1. The van der Waals surface area contributed by atoms with Gasteiger partial charge in [0.2, 0.25) is 0 Å². The average molecular weight is 311 g/mol. The summed E-state index contributed by atoms with van der Waals surface area (Å²) in [6.45, 7) is 2.39. The van der Waals surface area contributed by atoms with Crippen LogP contribution in [0, 0.1) is 11.8 Å². The summed E-state index contributed by atoms with van der Waals surface area (Å²) >= 11 is 0. The third-order valence-electron chi connectivity index (χ3n) is 3.80. The Morgan fingerprint density at radius 3 is 2.48 bits per heavy atom. The van der Waals surface area contributed by atoms with Crippen molar-refractivity contribution in [1.82, 2.24) is 4.90 Å². The van der Waals surface area contributed by atoms with Gasteiger partial charge in [-0.3, -0.25) is 9.59 Å². The molecule has 0 aliphatic carbocycles. The number of hydrogen-bond donors (Lipinski definition) is 1. The summed E-state index contributed by atoms with van der Waals surface area (Å²) < 4.78 is 23.0. The number of carbonyl (C=O) groups excluding carboxylic acids is 1. The van der Waals surface area contributed by atoms with Gasteiger partial charge in [0.15, 0.2) is 9.84 Å². The van der Waals surface area contributed by atoms with Crippen LogP contribution in [0.5, 0.6) is 0 Å². The Bertz CT molecular complexity index is 676. The maximum absolute atomic E-state index is 12.2. The molecule has 0 aromatic heterocycles. The van der Waals surface area contributed by atoms with Gasteiger partial charge in [-0.2, -0.15) is 0 Å². The van der Waals surface area contributed by atoms with E-state index in [4.69, 9.17) is 5.11 Å². The monoisotopic (exact) mass is 311 g/mol. The van der Waals surface area contributed by atoms with E-state index in [2.05, 4.69) is 0 Å². The van der Waals surface area contributed by atoms with Crippen LogP contribution in [0.4, 0.5) is 0 Å². The van der Waals surface area contributed by atoms with Gasteiger partial charge in [0, 0.05) is 30.8 Å². The first-order chi connectivity index (χ1) is 9.70. The minimum Gasteiger partial charge on any atom is -0.481 e. The molecule has 0 bridgehead atoms. The van der Waals surface area contributed by atoms with Crippen LogP contribution in [0.25, 0.3) is 0 Å². The van der Waals surface area contributed by atoms with Gasteiger partial charge in [0.05, 0.1) is 10.8 Å². The van der Waals surface area contributed by atoms with Crippen molar-refractivity contribution in [2.45, 2.75) is 11.8 Å². The maximum atomic E-state index is 12.2. The molecule has 0 spiro atoms. The Morgan fingerprint density at radius 2 is 1.95 bits per heavy atom. The van der Waals surface area contributed by atoms with Crippen LogP contribution in [0.1, 0.15) is 17.3 Å². The molecule has 114 valence electrons. The molecule has 1 fully saturated rings. The smallest absolute Gasteiger partial charge is 0.306 e. The largest absolute Gasteiger partial charge is 0.481 e. The number of carboxylic acids is 1. The van der Waals surface area contributed by atoms with Crippen molar-refractivity contribution in [1.29, 1.82) is 0 Å². The highest BCUT2D eigenvalue weighted by atomic mass is 32.2. The van der Waals surface area contributed by atoms with Crippen LogP contribution in [0.3, 0.4) is 0 Å². The summed E-state index contributed by atoms with van der Waals surface area (Å²) in [5, 5.41) is 8.92. The van der Waals surface area contributed by atoms with Crippen LogP contribution in [0.15, 0.2) is 29.2 Å². The van der Waals surface area contributed by atoms with Crippen molar-refractivity contribution in [2.24, 2.45) is 11.8 Å². The van der Waals surface area contributed by atoms with Gasteiger partial charge in [0.25, 0.3) is 5.91 Å². The van der Waals surface area contributed by atoms with Crippen LogP contribution in [-0.4, -0.2) is 49.6 Å². The summed E-state index contributed by atoms with van der Waals surface area (Å²) in [5.74, 6) is -1.68. The number of carboxylic acid groups (broad SMARTS) is 1. The fraction of sp³-hybridized carbons (Fsp3) is 0.429. The maximum Gasteiger partial charge on any atom is 0.306 e. The molecule has 7 heteroatoms. The van der Waals surface area contributed by atoms with Gasteiger partial charge >= 0.3 is 5.97 Å². The Balaban J connectivity index is 2.08. The topological polar surface area (TPSA) is 91.8 Å². The summed E-state index contributed by atoms with van der Waals surface area (Å²) in [6.07, 6.45) is 1.09. The van der Waals surface area contributed by atoms with Crippen LogP contribution in [-0.2, 0) is 14.6 Å². The van der Waals surface area contributed by atoms with Crippen LogP contribution >= 0.6 is 0 Å². The molecule has 1 amide bonds. The number of benzene rings is 1. The van der Waals surface area contributed by atoms with Gasteiger partial charge in [0.1, 0.15) is 0 Å². The molecule has 2 rings (SSSR count). The first kappa shape index (κ1) is 15.5. The summed E-state index contributed by atoms with van der Waals surface area (Å²) in [4.78, 5) is 24.7. The Kier molecular flexibility index (Phi) is 4.04. The summed E-state index contributed by atoms with van der Waals surface area (Å²) in [5.41, 5.74) is 0.305. The van der Waals surface area contributed by atoms with Crippen LogP contribution < -0.4 is 0 Å². The number of sulfone groups is 1. The van der Waals surface area contributed by atoms with Gasteiger partial charge in [-0.25, -0.2) is 8.42 Å². The Hall–Kier alpha value is -1.89. The summed E-state index contributed by atoms with van der Waals surface area (Å²) in [6, 6.07) is 5.88. The third kappa shape index (κ3) is 3.24. The number of rotatable bonds is 4. The zero-order valence-electron chi connectivity index (χ0n) is 11.8. The predicted octanol–water partition coefficient (Wildman–Crippen LogP) is 0.883. The molecule has 21 heavy (non-hydrogen) atoms. The van der Waals surface area contributed by atoms with E-state index >= 15 is 0 Å². The Labute approximate surface area is 123 Å². The summed E-state index contributed by atoms with van der Waals surface area (Å²) in [7, 11) is -3.36. The molecule has 1 aliphatic rings. The Morgan fingerprint density at radius 1 is 1.33 bits per heavy atom. The van der Waals surface area contributed by atoms with E-state index < -0.39 is 21.7 Å². The van der Waals surface area contributed by atoms with Gasteiger partial charge in [-0.1, -0.05) is 13.0 Å². The SMILES string of the molecule is CC(C(=O)O)C1CN(C(=O)c2cccc(S(C)(=O)=O)c2)C1. The molecule has 0 saturated carbocycles. The van der Waals surface area contributed by atoms with E-state index in [1.165, 1.54) is 23.1 Å². The van der Waals surface area contributed by atoms with E-state index in [-0.39, 0.29) is 16.7 Å². The highest BCUT2D eigenvalue weighted by Gasteiger charge is 2.37. The number of likely N-dealkylation sites (tertiary alicyclic amines) is 1. The third-order valence-corrected chi connectivity index (χ3v) is 4.91. The molecular weight excluding hydrogens is 294 g/mol. The van der Waals surface area contributed by atoms with Crippen molar-refractivity contribution in [3.05, 3.63) is 29.8 Å². The van der Waals surface area contributed by atoms with E-state index in [9.17, 15) is 18.0 Å². The zero-order chi connectivity index (χ0) is 15.8. The van der Waals surface area contributed by atoms with Gasteiger partial charge in [-0.05, 0) is 18.2 Å². The minimum atomic E-state index is -3.36. The highest BCUT2D eigenvalue weighted by Crippen LogP contribution is 2.26. The van der Waals surface area contributed by atoms with Gasteiger partial charge in [-0.15, -0.1) is 0 Å². The van der Waals surface area contributed by atoms with Gasteiger partial charge < -0.3 is 10.0 Å². The highest BCUT2D eigenvalue weighted by molar-refractivity contribution is 7.90. The van der Waals surface area contributed by atoms with E-state index in [1.807, 2.05) is 0 Å². The van der Waals surface area contributed by atoms with Crippen molar-refractivity contribution in [3.63, 3.8) is 0 Å². The molecule has 0 radical (unpaired) electrons. The second-order valence-corrected chi connectivity index (χ2v) is 7.41. The molecule has 1 aromatic carbocycles. The lowest BCUT2D eigenvalue weighted by molar-refractivity contribution is -0.144. The molecule has 1 N–H and O–H groups in total. The van der Waals surface area contributed by atoms with Crippen molar-refractivity contribution < 1.29 is 23.1 Å². The van der Waals surface area contributed by atoms with E-state index in [1.54, 1.807) is 13.0 Å². The van der Waals surface area contributed by atoms with Crippen LogP contribution in [0.2, 0.25) is 0 Å². The first-order valence-corrected chi connectivity index (χ1v) is 8.41. The zero-order valence-corrected chi connectivity index (χ0v) is 12.6. The quantitative estimate of drug-likeness (QED) is 0.891. The second kappa shape index (κ2) is 5.48. The molecule has 1 heterocycles. The average Bonchev–Trinajstić information content (AvgIpc) is 2.35. The lowest BCUT2D eigenvalue weighted by Gasteiger charge is -2.41. The fourth-order valence-corrected chi connectivity index (χ4v) is 2.91. The number of aliphatic carboxylic acids is 1. The molecular formula is C14H17NO5S. The van der Waals surface area contributed by atoms with E-state index in [0.29, 0.717) is 18.7 Å². The number of nitrogens with zero attached hydrogens (tertiary/aromatic N) is 1. The standard InChI is InChI=1S/C14H17NO5S/c1-9(14(17)18)11-7-15(8-11)13(16)10-4-3-5-12(6-10)21(2,19)20/h3-6,9,11H,7-8H2,1-2H3,(H,17,18). The lowest BCUT2D eigenvalue weighted by atomic mass is 9.86. The van der Waals surface area contributed by atoms with E-state index in [0.717, 1.165) is 6.26 Å². The molecule has 1 saturated heterocycles. The molecule has 1 unspecified atom stereocenters. The second-order valence-electron chi connectivity index (χ2n) is 5.40. The van der Waals surface area contributed by atoms with Crippen molar-refractivity contribution in [2.75, 3.05) is 19.3 Å². The van der Waals surface area contributed by atoms with Crippen molar-refractivity contribution >= 4 is 21.7 Å². The number of hydrogen-bond acceptors (Lipinski definition) is 4. The molecule has 1 atom stereocenters. The minimum absolute atomic E-state index is 0.0514.